The summed E-state index contributed by atoms with van der Waals surface area (Å²) in [5, 5.41) is 7.13. The third-order valence-electron chi connectivity index (χ3n) is 1.21. The smallest absolute Gasteiger partial charge is 0.255 e. The first-order valence-corrected chi connectivity index (χ1v) is 3.16. The highest BCUT2D eigenvalue weighted by Gasteiger charge is 2.03. The van der Waals surface area contributed by atoms with Crippen LogP contribution in [0.5, 0.6) is 5.88 Å². The molecular formula is C8H6N2O2. The minimum atomic E-state index is -0.481. The number of carbonyl (C=O) groups is 1. The van der Waals surface area contributed by atoms with Crippen molar-refractivity contribution in [2.75, 3.05) is 7.11 Å². The maximum Gasteiger partial charge on any atom is 0.255 e. The van der Waals surface area contributed by atoms with Crippen molar-refractivity contribution in [2.45, 2.75) is 0 Å². The number of rotatable bonds is 2. The summed E-state index contributed by atoms with van der Waals surface area (Å²) in [7, 11) is 1.46. The van der Waals surface area contributed by atoms with E-state index in [2.05, 4.69) is 10.2 Å². The predicted octanol–water partition coefficient (Wildman–Crippen LogP) is 0.301. The van der Waals surface area contributed by atoms with Gasteiger partial charge in [0.1, 0.15) is 5.69 Å². The topological polar surface area (TPSA) is 52.1 Å². The van der Waals surface area contributed by atoms with E-state index in [1.54, 1.807) is 0 Å². The standard InChI is InChI=1S/C8H6N2O2/c1-3-7(11)6-4-5-8(12-2)10-9-6/h1,4-5H,2H3. The third-order valence-corrected chi connectivity index (χ3v) is 1.21. The molecule has 0 radical (unpaired) electrons. The molecule has 0 unspecified atom stereocenters. The lowest BCUT2D eigenvalue weighted by atomic mass is 10.3. The molecule has 4 heteroatoms. The van der Waals surface area contributed by atoms with E-state index in [1.807, 2.05) is 5.92 Å². The van der Waals surface area contributed by atoms with Gasteiger partial charge in [0.15, 0.2) is 0 Å². The Hall–Kier alpha value is -1.89. The van der Waals surface area contributed by atoms with E-state index >= 15 is 0 Å². The van der Waals surface area contributed by atoms with Crippen molar-refractivity contribution < 1.29 is 9.53 Å². The Morgan fingerprint density at radius 3 is 2.75 bits per heavy atom. The molecule has 0 spiro atoms. The minimum Gasteiger partial charge on any atom is -0.480 e. The van der Waals surface area contributed by atoms with Gasteiger partial charge in [-0.1, -0.05) is 0 Å². The minimum absolute atomic E-state index is 0.151. The van der Waals surface area contributed by atoms with Crippen LogP contribution in [0.15, 0.2) is 12.1 Å². The molecule has 0 N–H and O–H groups in total. The fourth-order valence-corrected chi connectivity index (χ4v) is 0.624. The molecule has 0 fully saturated rings. The number of methoxy groups -OCH3 is 1. The van der Waals surface area contributed by atoms with Crippen LogP contribution < -0.4 is 4.74 Å². The third kappa shape index (κ3) is 1.58. The Morgan fingerprint density at radius 2 is 2.33 bits per heavy atom. The van der Waals surface area contributed by atoms with E-state index in [4.69, 9.17) is 11.2 Å². The van der Waals surface area contributed by atoms with Crippen LogP contribution in [0.4, 0.5) is 0 Å². The van der Waals surface area contributed by atoms with Gasteiger partial charge in [-0.15, -0.1) is 16.6 Å². The Morgan fingerprint density at radius 1 is 1.58 bits per heavy atom. The Labute approximate surface area is 69.6 Å². The molecule has 1 aromatic heterocycles. The molecule has 1 rings (SSSR count). The normalized spacial score (nSPS) is 8.67. The Kier molecular flexibility index (Phi) is 2.38. The van der Waals surface area contributed by atoms with Gasteiger partial charge in [-0.25, -0.2) is 0 Å². The highest BCUT2D eigenvalue weighted by atomic mass is 16.5. The van der Waals surface area contributed by atoms with Gasteiger partial charge >= 0.3 is 0 Å². The molecule has 0 aromatic carbocycles. The zero-order valence-corrected chi connectivity index (χ0v) is 6.44. The molecule has 0 aliphatic rings. The fraction of sp³-hybridized carbons (Fsp3) is 0.125. The van der Waals surface area contributed by atoms with Crippen molar-refractivity contribution in [2.24, 2.45) is 0 Å². The summed E-state index contributed by atoms with van der Waals surface area (Å²) in [5.74, 6) is 1.81. The second kappa shape index (κ2) is 3.49. The molecule has 0 saturated heterocycles. The number of aromatic nitrogens is 2. The van der Waals surface area contributed by atoms with Crippen molar-refractivity contribution in [3.05, 3.63) is 17.8 Å². The largest absolute Gasteiger partial charge is 0.480 e. The first kappa shape index (κ1) is 8.21. The van der Waals surface area contributed by atoms with Gasteiger partial charge in [0.2, 0.25) is 5.88 Å². The lowest BCUT2D eigenvalue weighted by Gasteiger charge is -1.95. The van der Waals surface area contributed by atoms with E-state index in [9.17, 15) is 4.79 Å². The lowest BCUT2D eigenvalue weighted by molar-refractivity contribution is 0.105. The molecule has 0 saturated carbocycles. The Bertz CT molecular complexity index is 324. The molecule has 0 bridgehead atoms. The highest BCUT2D eigenvalue weighted by Crippen LogP contribution is 2.03. The van der Waals surface area contributed by atoms with Crippen molar-refractivity contribution in [3.63, 3.8) is 0 Å². The maximum atomic E-state index is 10.8. The quantitative estimate of drug-likeness (QED) is 0.356. The predicted molar refractivity (Wildman–Crippen MR) is 41.7 cm³/mol. The van der Waals surface area contributed by atoms with Crippen LogP contribution in [-0.4, -0.2) is 23.1 Å². The van der Waals surface area contributed by atoms with E-state index < -0.39 is 5.78 Å². The van der Waals surface area contributed by atoms with Crippen LogP contribution in [0.25, 0.3) is 0 Å². The lowest BCUT2D eigenvalue weighted by Crippen LogP contribution is -2.01. The molecule has 0 aliphatic heterocycles. The van der Waals surface area contributed by atoms with Gasteiger partial charge in [-0.05, 0) is 12.0 Å². The molecule has 4 nitrogen and oxygen atoms in total. The molecule has 60 valence electrons. The summed E-state index contributed by atoms with van der Waals surface area (Å²) >= 11 is 0. The molecule has 0 aliphatic carbocycles. The zero-order valence-electron chi connectivity index (χ0n) is 6.44. The van der Waals surface area contributed by atoms with Crippen LogP contribution in [0, 0.1) is 12.3 Å². The van der Waals surface area contributed by atoms with Crippen LogP contribution in [-0.2, 0) is 0 Å². The molecule has 12 heavy (non-hydrogen) atoms. The van der Waals surface area contributed by atoms with Crippen LogP contribution in [0.2, 0.25) is 0 Å². The van der Waals surface area contributed by atoms with Crippen LogP contribution in [0.3, 0.4) is 0 Å². The molecule has 1 aromatic rings. The molecule has 0 amide bonds. The Balaban J connectivity index is 2.94. The van der Waals surface area contributed by atoms with Gasteiger partial charge < -0.3 is 4.74 Å². The first-order valence-electron chi connectivity index (χ1n) is 3.16. The fourth-order valence-electron chi connectivity index (χ4n) is 0.624. The number of Topliss-reactive ketones (excluding diaryl/α,β-unsaturated/α-hetero) is 1. The van der Waals surface area contributed by atoms with Crippen molar-refractivity contribution >= 4 is 5.78 Å². The average Bonchev–Trinajstić information content (AvgIpc) is 2.17. The van der Waals surface area contributed by atoms with Gasteiger partial charge in [0.25, 0.3) is 5.78 Å². The summed E-state index contributed by atoms with van der Waals surface area (Å²) in [6, 6.07) is 2.99. The van der Waals surface area contributed by atoms with Crippen molar-refractivity contribution in [1.29, 1.82) is 0 Å². The van der Waals surface area contributed by atoms with Gasteiger partial charge in [-0.2, -0.15) is 0 Å². The molecule has 1 heterocycles. The number of carbonyl (C=O) groups excluding carboxylic acids is 1. The monoisotopic (exact) mass is 162 g/mol. The summed E-state index contributed by atoms with van der Waals surface area (Å²) < 4.78 is 4.75. The van der Waals surface area contributed by atoms with E-state index in [1.165, 1.54) is 19.2 Å². The summed E-state index contributed by atoms with van der Waals surface area (Å²) in [6.45, 7) is 0. The van der Waals surface area contributed by atoms with Crippen LogP contribution >= 0.6 is 0 Å². The SMILES string of the molecule is C#CC(=O)c1ccc(OC)nn1. The van der Waals surface area contributed by atoms with Gasteiger partial charge in [0, 0.05) is 6.07 Å². The van der Waals surface area contributed by atoms with Crippen LogP contribution in [0.1, 0.15) is 10.5 Å². The van der Waals surface area contributed by atoms with E-state index in [-0.39, 0.29) is 5.69 Å². The number of hydrogen-bond acceptors (Lipinski definition) is 4. The number of hydrogen-bond donors (Lipinski definition) is 0. The summed E-state index contributed by atoms with van der Waals surface area (Å²) in [6.07, 6.45) is 4.88. The maximum absolute atomic E-state index is 10.8. The number of terminal acetylenes is 1. The number of ketones is 1. The molecular weight excluding hydrogens is 156 g/mol. The number of nitrogens with zero attached hydrogens (tertiary/aromatic N) is 2. The molecule has 0 atom stereocenters. The van der Waals surface area contributed by atoms with Gasteiger partial charge in [-0.3, -0.25) is 4.79 Å². The first-order chi connectivity index (χ1) is 5.77. The second-order valence-corrected chi connectivity index (χ2v) is 1.93. The van der Waals surface area contributed by atoms with E-state index in [0.717, 1.165) is 0 Å². The second-order valence-electron chi connectivity index (χ2n) is 1.93. The van der Waals surface area contributed by atoms with Gasteiger partial charge in [0.05, 0.1) is 7.11 Å². The number of ether oxygens (including phenoxy) is 1. The average molecular weight is 162 g/mol. The van der Waals surface area contributed by atoms with E-state index in [0.29, 0.717) is 5.88 Å². The summed E-state index contributed by atoms with van der Waals surface area (Å²) in [5.41, 5.74) is 0.151. The zero-order chi connectivity index (χ0) is 8.97. The summed E-state index contributed by atoms with van der Waals surface area (Å²) in [4.78, 5) is 10.8. The van der Waals surface area contributed by atoms with Crippen molar-refractivity contribution in [3.8, 4) is 18.2 Å². The highest BCUT2D eigenvalue weighted by molar-refractivity contribution is 6.07. The van der Waals surface area contributed by atoms with Crippen molar-refractivity contribution in [1.82, 2.24) is 10.2 Å².